The van der Waals surface area contributed by atoms with Gasteiger partial charge < -0.3 is 30.9 Å². The van der Waals surface area contributed by atoms with Crippen molar-refractivity contribution in [2.24, 2.45) is 5.41 Å². The van der Waals surface area contributed by atoms with E-state index in [0.717, 1.165) is 38.7 Å². The zero-order valence-electron chi connectivity index (χ0n) is 39.0. The van der Waals surface area contributed by atoms with Crippen molar-refractivity contribution in [1.82, 2.24) is 25.8 Å². The fraction of sp³-hybridized carbons (Fsp3) is 0.429. The number of unbranched alkanes of at least 4 members (excludes halogenated alkanes) is 3. The lowest BCUT2D eigenvalue weighted by atomic mass is 9.85. The highest BCUT2D eigenvalue weighted by Crippen LogP contribution is 2.40. The number of aromatic nitrogens is 1. The molecule has 4 N–H and O–H groups in total. The van der Waals surface area contributed by atoms with Gasteiger partial charge in [-0.2, -0.15) is 18.4 Å². The number of rotatable bonds is 16. The van der Waals surface area contributed by atoms with Crippen molar-refractivity contribution in [3.8, 4) is 16.5 Å². The molecule has 2 aliphatic heterocycles. The first-order chi connectivity index (χ1) is 32.4. The summed E-state index contributed by atoms with van der Waals surface area (Å²) in [5, 5.41) is 28.0. The Morgan fingerprint density at radius 1 is 0.986 bits per heavy atom. The minimum atomic E-state index is -4.88. The molecule has 6 rings (SSSR count). The molecule has 0 spiro atoms. The molecule has 4 aromatic rings. The number of thiocarbonyl (C=S) groups is 1. The van der Waals surface area contributed by atoms with Crippen LogP contribution in [-0.4, -0.2) is 86.5 Å². The number of thiazole rings is 1. The van der Waals surface area contributed by atoms with Gasteiger partial charge in [0, 0.05) is 38.2 Å². The maximum atomic E-state index is 15.5. The number of anilines is 2. The van der Waals surface area contributed by atoms with Crippen LogP contribution in [0.3, 0.4) is 0 Å². The van der Waals surface area contributed by atoms with Crippen molar-refractivity contribution in [2.45, 2.75) is 117 Å². The molecule has 3 unspecified atom stereocenters. The molecule has 5 amide bonds. The van der Waals surface area contributed by atoms with Crippen molar-refractivity contribution in [2.75, 3.05) is 22.9 Å². The highest BCUT2D eigenvalue weighted by atomic mass is 32.1. The number of likely N-dealkylation sites (tertiary alicyclic amines) is 1. The summed E-state index contributed by atoms with van der Waals surface area (Å²) >= 11 is 7.08. The first-order valence-corrected chi connectivity index (χ1v) is 23.7. The largest absolute Gasteiger partial charge is 0.417 e. The van der Waals surface area contributed by atoms with Crippen molar-refractivity contribution < 1.29 is 46.6 Å². The molecule has 3 atom stereocenters. The van der Waals surface area contributed by atoms with Gasteiger partial charge in [-0.25, -0.2) is 9.37 Å². The van der Waals surface area contributed by atoms with E-state index in [9.17, 15) is 47.5 Å². The van der Waals surface area contributed by atoms with E-state index < -0.39 is 75.9 Å². The molecule has 366 valence electrons. The molecule has 2 aliphatic rings. The Morgan fingerprint density at radius 2 is 1.67 bits per heavy atom. The highest BCUT2D eigenvalue weighted by molar-refractivity contribution is 7.81. The Morgan fingerprint density at radius 3 is 2.29 bits per heavy atom. The number of β-amino-alcohol motifs (C(OH)–C–C–N with tert-alkyl or cyclic N) is 1. The predicted molar refractivity (Wildman–Crippen MR) is 256 cm³/mol. The Balaban J connectivity index is 0.953. The summed E-state index contributed by atoms with van der Waals surface area (Å²) < 4.78 is 56.7. The normalized spacial score (nSPS) is 17.4. The van der Waals surface area contributed by atoms with Crippen LogP contribution in [0, 0.1) is 29.5 Å². The number of aliphatic hydroxyl groups excluding tert-OH is 1. The van der Waals surface area contributed by atoms with Gasteiger partial charge in [0.15, 0.2) is 5.11 Å². The quantitative estimate of drug-likeness (QED) is 0.0496. The monoisotopic (exact) mass is 990 g/mol. The second kappa shape index (κ2) is 21.1. The molecule has 69 heavy (non-hydrogen) atoms. The number of aryl methyl sites for hydroxylation is 1. The average molecular weight is 991 g/mol. The van der Waals surface area contributed by atoms with Crippen LogP contribution in [0.1, 0.15) is 106 Å². The maximum Gasteiger partial charge on any atom is 0.417 e. The maximum absolute atomic E-state index is 15.5. The first kappa shape index (κ1) is 52.1. The summed E-state index contributed by atoms with van der Waals surface area (Å²) in [5.74, 6) is -3.54. The number of nitrogens with one attached hydrogen (secondary N) is 3. The van der Waals surface area contributed by atoms with E-state index >= 15 is 4.39 Å². The summed E-state index contributed by atoms with van der Waals surface area (Å²) in [6.07, 6.45) is -3.41. The number of alkyl halides is 3. The van der Waals surface area contributed by atoms with Crippen LogP contribution in [0.5, 0.6) is 0 Å². The summed E-state index contributed by atoms with van der Waals surface area (Å²) in [7, 11) is 0. The zero-order chi connectivity index (χ0) is 50.6. The lowest BCUT2D eigenvalue weighted by Crippen LogP contribution is -2.57. The number of nitriles is 1. The number of halogens is 4. The van der Waals surface area contributed by atoms with E-state index in [1.807, 2.05) is 52.0 Å². The van der Waals surface area contributed by atoms with Gasteiger partial charge in [-0.1, -0.05) is 57.9 Å². The van der Waals surface area contributed by atoms with E-state index in [1.54, 1.807) is 16.8 Å². The number of benzene rings is 3. The van der Waals surface area contributed by atoms with Crippen molar-refractivity contribution in [3.63, 3.8) is 0 Å². The van der Waals surface area contributed by atoms with Crippen LogP contribution in [0.4, 0.5) is 28.9 Å². The highest BCUT2D eigenvalue weighted by Gasteiger charge is 2.51. The second-order valence-corrected chi connectivity index (χ2v) is 19.9. The number of carbonyl (C=O) groups is 5. The molecule has 0 aliphatic carbocycles. The SMILES string of the molecule is Cc1ncsc1-c1ccc(CNC(=O)C2CC(O)CN2C(=O)C(NC(=O)CCCCCCNC(=O)c2ccc(N3C(=S)N(c4ccc(C#N)c(C(F)(F)F)c4)C(=O)C3(C)C)cc2F)C(C)(C)C)cc1. The van der Waals surface area contributed by atoms with Gasteiger partial charge in [-0.3, -0.25) is 28.9 Å². The van der Waals surface area contributed by atoms with Gasteiger partial charge in [0.2, 0.25) is 17.7 Å². The summed E-state index contributed by atoms with van der Waals surface area (Å²) in [6, 6.07) is 13.8. The number of amides is 5. The van der Waals surface area contributed by atoms with Gasteiger partial charge in [0.05, 0.1) is 50.6 Å². The minimum absolute atomic E-state index is 0.0503. The topological polar surface area (TPSA) is 188 Å². The number of carbonyl (C=O) groups excluding carboxylic acids is 5. The second-order valence-electron chi connectivity index (χ2n) is 18.7. The lowest BCUT2D eigenvalue weighted by Gasteiger charge is -2.35. The molecule has 0 radical (unpaired) electrons. The molecule has 20 heteroatoms. The van der Waals surface area contributed by atoms with Gasteiger partial charge in [-0.15, -0.1) is 11.3 Å². The van der Waals surface area contributed by atoms with Crippen LogP contribution < -0.4 is 25.8 Å². The summed E-state index contributed by atoms with van der Waals surface area (Å²) in [4.78, 5) is 76.1. The van der Waals surface area contributed by atoms with E-state index in [2.05, 4.69) is 20.9 Å². The van der Waals surface area contributed by atoms with E-state index in [4.69, 9.17) is 12.2 Å². The molecule has 3 aromatic carbocycles. The zero-order valence-corrected chi connectivity index (χ0v) is 40.6. The van der Waals surface area contributed by atoms with Crippen LogP contribution >= 0.6 is 23.6 Å². The Bertz CT molecular complexity index is 2660. The van der Waals surface area contributed by atoms with E-state index in [-0.39, 0.29) is 60.4 Å². The molecule has 2 fully saturated rings. The third kappa shape index (κ3) is 11.8. The molecular weight excluding hydrogens is 937 g/mol. The van der Waals surface area contributed by atoms with Crippen LogP contribution in [-0.2, 0) is 31.9 Å². The number of hydrogen-bond acceptors (Lipinski definition) is 10. The fourth-order valence-electron chi connectivity index (χ4n) is 8.36. The van der Waals surface area contributed by atoms with Crippen LogP contribution in [0.2, 0.25) is 0 Å². The first-order valence-electron chi connectivity index (χ1n) is 22.4. The molecular formula is C49H54F4N8O6S2. The fourth-order valence-corrected chi connectivity index (χ4v) is 9.70. The van der Waals surface area contributed by atoms with Gasteiger partial charge in [0.25, 0.3) is 11.8 Å². The molecule has 14 nitrogen and oxygen atoms in total. The number of hydrogen-bond donors (Lipinski definition) is 4. The Labute approximate surface area is 407 Å². The molecule has 1 aromatic heterocycles. The third-order valence-corrected chi connectivity index (χ3v) is 13.5. The van der Waals surface area contributed by atoms with E-state index in [1.165, 1.54) is 47.9 Å². The Hall–Kier alpha value is -6.30. The van der Waals surface area contributed by atoms with Gasteiger partial charge >= 0.3 is 6.18 Å². The molecule has 2 saturated heterocycles. The third-order valence-electron chi connectivity index (χ3n) is 12.1. The van der Waals surface area contributed by atoms with Crippen molar-refractivity contribution >= 4 is 69.6 Å². The number of nitrogens with zero attached hydrogens (tertiary/aromatic N) is 5. The molecule has 0 saturated carbocycles. The van der Waals surface area contributed by atoms with Crippen molar-refractivity contribution in [1.29, 1.82) is 5.26 Å². The Kier molecular flexibility index (Phi) is 16.0. The van der Waals surface area contributed by atoms with Crippen molar-refractivity contribution in [3.05, 3.63) is 99.9 Å². The van der Waals surface area contributed by atoms with Gasteiger partial charge in [0.1, 0.15) is 23.4 Å². The molecule has 3 heterocycles. The predicted octanol–water partition coefficient (Wildman–Crippen LogP) is 7.55. The van der Waals surface area contributed by atoms with E-state index in [0.29, 0.717) is 31.7 Å². The lowest BCUT2D eigenvalue weighted by molar-refractivity contribution is -0.144. The van der Waals surface area contributed by atoms with Gasteiger partial charge in [-0.05, 0) is 98.8 Å². The molecule has 0 bridgehead atoms. The summed E-state index contributed by atoms with van der Waals surface area (Å²) in [6.45, 7) is 10.7. The number of aliphatic hydroxyl groups is 1. The van der Waals surface area contributed by atoms with Crippen LogP contribution in [0.25, 0.3) is 10.4 Å². The average Bonchev–Trinajstić information content (AvgIpc) is 3.95. The smallest absolute Gasteiger partial charge is 0.391 e. The van der Waals surface area contributed by atoms with Crippen LogP contribution in [0.15, 0.2) is 66.2 Å². The standard InChI is InChI=1S/C49H54F4N8O6S2/c1-28-40(69-27-57-28)30-14-12-29(13-15-30)25-56-43(65)38-23-34(62)26-59(38)44(66)41(47(2,3)4)58-39(63)11-9-7-8-10-20-55-42(64)35-19-18-33(22-37(35)50)61-46(68)60(45(67)48(61,5)6)32-17-16-31(24-54)36(21-32)49(51,52)53/h12-19,21-22,27,34,38,41,62H,7-11,20,23,25-26H2,1-6H3,(H,55,64)(H,56,65)(H,58,63). The summed E-state index contributed by atoms with van der Waals surface area (Å²) in [5.41, 5.74) is 0.125. The minimum Gasteiger partial charge on any atom is -0.391 e.